The van der Waals surface area contributed by atoms with Gasteiger partial charge in [-0.2, -0.15) is 0 Å². The molecule has 1 aromatic heterocycles. The molecule has 6 nitrogen and oxygen atoms in total. The highest BCUT2D eigenvalue weighted by Gasteiger charge is 2.15. The molecule has 1 aliphatic heterocycles. The van der Waals surface area contributed by atoms with E-state index in [0.29, 0.717) is 28.9 Å². The van der Waals surface area contributed by atoms with Crippen molar-refractivity contribution in [2.24, 2.45) is 4.99 Å². The molecule has 32 heavy (non-hydrogen) atoms. The van der Waals surface area contributed by atoms with E-state index in [0.717, 1.165) is 47.1 Å². The largest absolute Gasteiger partial charge is 0.495 e. The average Bonchev–Trinajstić information content (AvgIpc) is 3.23. The first kappa shape index (κ1) is 22.2. The van der Waals surface area contributed by atoms with Crippen molar-refractivity contribution in [3.8, 4) is 5.75 Å². The maximum atomic E-state index is 6.33. The second kappa shape index (κ2) is 10.1. The third-order valence-electron chi connectivity index (χ3n) is 5.30. The van der Waals surface area contributed by atoms with E-state index in [2.05, 4.69) is 56.8 Å². The molecule has 1 aliphatic rings. The van der Waals surface area contributed by atoms with Crippen LogP contribution in [0.1, 0.15) is 16.7 Å². The molecule has 8 heteroatoms. The Morgan fingerprint density at radius 3 is 2.47 bits per heavy atom. The third-order valence-corrected chi connectivity index (χ3v) is 5.74. The van der Waals surface area contributed by atoms with Gasteiger partial charge in [0.05, 0.1) is 24.4 Å². The Labute approximate surface area is 198 Å². The monoisotopic (exact) mass is 469 g/mol. The minimum absolute atomic E-state index is 0.527. The summed E-state index contributed by atoms with van der Waals surface area (Å²) < 4.78 is 5.59. The number of amidine groups is 1. The van der Waals surface area contributed by atoms with Gasteiger partial charge in [-0.3, -0.25) is 4.99 Å². The molecule has 0 bridgehead atoms. The fourth-order valence-corrected chi connectivity index (χ4v) is 3.95. The Kier molecular flexibility index (Phi) is 7.02. The number of anilines is 2. The predicted octanol–water partition coefficient (Wildman–Crippen LogP) is 5.31. The zero-order chi connectivity index (χ0) is 22.5. The van der Waals surface area contributed by atoms with Crippen LogP contribution in [0.3, 0.4) is 0 Å². The number of hydrogen-bond acceptors (Lipinski definition) is 6. The predicted molar refractivity (Wildman–Crippen MR) is 132 cm³/mol. The van der Waals surface area contributed by atoms with Crippen LogP contribution in [-0.4, -0.2) is 43.0 Å². The highest BCUT2D eigenvalue weighted by Crippen LogP contribution is 2.33. The Morgan fingerprint density at radius 2 is 1.81 bits per heavy atom. The first-order chi connectivity index (χ1) is 15.5. The van der Waals surface area contributed by atoms with Crippen LogP contribution in [0.4, 0.5) is 11.5 Å². The highest BCUT2D eigenvalue weighted by atomic mass is 35.5. The van der Waals surface area contributed by atoms with Gasteiger partial charge in [0.1, 0.15) is 17.4 Å². The SMILES string of the molecule is COc1cc(Cl)cc(CNc2ccc(Cl)cn2)c1NCc1ccc(C2=NCCN2C)cc1. The third kappa shape index (κ3) is 5.26. The number of nitrogens with zero attached hydrogens (tertiary/aromatic N) is 3. The topological polar surface area (TPSA) is 61.8 Å². The van der Waals surface area contributed by atoms with Crippen molar-refractivity contribution in [1.29, 1.82) is 0 Å². The maximum absolute atomic E-state index is 6.33. The first-order valence-corrected chi connectivity index (χ1v) is 11.1. The minimum atomic E-state index is 0.527. The molecule has 4 rings (SSSR count). The number of methoxy groups -OCH3 is 1. The molecule has 0 radical (unpaired) electrons. The van der Waals surface area contributed by atoms with E-state index < -0.39 is 0 Å². The first-order valence-electron chi connectivity index (χ1n) is 10.3. The van der Waals surface area contributed by atoms with E-state index in [-0.39, 0.29) is 0 Å². The van der Waals surface area contributed by atoms with E-state index in [1.54, 1.807) is 19.4 Å². The second-order valence-corrected chi connectivity index (χ2v) is 8.41. The molecule has 0 saturated carbocycles. The molecule has 0 amide bonds. The van der Waals surface area contributed by atoms with Crippen LogP contribution in [0.15, 0.2) is 59.7 Å². The van der Waals surface area contributed by atoms with E-state index in [1.807, 2.05) is 18.2 Å². The number of aliphatic imine (C=N–C) groups is 1. The zero-order valence-corrected chi connectivity index (χ0v) is 19.5. The lowest BCUT2D eigenvalue weighted by atomic mass is 10.1. The van der Waals surface area contributed by atoms with Crippen molar-refractivity contribution in [2.75, 3.05) is 37.9 Å². The number of hydrogen-bond donors (Lipinski definition) is 2. The normalized spacial score (nSPS) is 13.1. The van der Waals surface area contributed by atoms with Crippen LogP contribution in [-0.2, 0) is 13.1 Å². The van der Waals surface area contributed by atoms with Gasteiger partial charge in [0.15, 0.2) is 0 Å². The van der Waals surface area contributed by atoms with Crippen molar-refractivity contribution in [3.63, 3.8) is 0 Å². The van der Waals surface area contributed by atoms with Gasteiger partial charge in [0.2, 0.25) is 0 Å². The fourth-order valence-electron chi connectivity index (χ4n) is 3.61. The maximum Gasteiger partial charge on any atom is 0.143 e. The quantitative estimate of drug-likeness (QED) is 0.467. The molecular formula is C24H25Cl2N5O. The number of ether oxygens (including phenoxy) is 1. The Hall–Kier alpha value is -2.96. The van der Waals surface area contributed by atoms with E-state index in [1.165, 1.54) is 0 Å². The van der Waals surface area contributed by atoms with Crippen LogP contribution >= 0.6 is 23.2 Å². The summed E-state index contributed by atoms with van der Waals surface area (Å²) >= 11 is 12.3. The zero-order valence-electron chi connectivity index (χ0n) is 18.0. The molecule has 3 aromatic rings. The van der Waals surface area contributed by atoms with Gasteiger partial charge >= 0.3 is 0 Å². The molecule has 166 valence electrons. The van der Waals surface area contributed by atoms with E-state index in [9.17, 15) is 0 Å². The standard InChI is InChI=1S/C24H25Cl2N5O/c1-31-10-9-27-24(31)17-5-3-16(4-6-17)13-30-23-18(11-20(26)12-21(23)32-2)14-28-22-8-7-19(25)15-29-22/h3-8,11-12,15,30H,9-10,13-14H2,1-2H3,(H,28,29). The lowest BCUT2D eigenvalue weighted by Crippen LogP contribution is -2.23. The van der Waals surface area contributed by atoms with E-state index in [4.69, 9.17) is 27.9 Å². The van der Waals surface area contributed by atoms with Crippen molar-refractivity contribution >= 4 is 40.5 Å². The fraction of sp³-hybridized carbons (Fsp3) is 0.250. The van der Waals surface area contributed by atoms with Crippen LogP contribution in [0.25, 0.3) is 0 Å². The Bertz CT molecular complexity index is 1100. The molecule has 2 heterocycles. The summed E-state index contributed by atoms with van der Waals surface area (Å²) in [5.74, 6) is 2.47. The van der Waals surface area contributed by atoms with Crippen LogP contribution in [0, 0.1) is 0 Å². The molecule has 0 fully saturated rings. The summed E-state index contributed by atoms with van der Waals surface area (Å²) in [4.78, 5) is 11.0. The molecule has 0 unspecified atom stereocenters. The Balaban J connectivity index is 1.49. The number of nitrogens with one attached hydrogen (secondary N) is 2. The van der Waals surface area contributed by atoms with Crippen LogP contribution in [0.2, 0.25) is 10.0 Å². The number of pyridine rings is 1. The van der Waals surface area contributed by atoms with Gasteiger partial charge in [-0.05, 0) is 29.3 Å². The molecule has 2 N–H and O–H groups in total. The van der Waals surface area contributed by atoms with Gasteiger partial charge in [0.25, 0.3) is 0 Å². The van der Waals surface area contributed by atoms with Gasteiger partial charge in [0, 0.05) is 49.5 Å². The summed E-state index contributed by atoms with van der Waals surface area (Å²) in [6.07, 6.45) is 1.61. The average molecular weight is 470 g/mol. The molecule has 0 spiro atoms. The number of likely N-dealkylation sites (N-methyl/N-ethyl adjacent to an activating group) is 1. The number of rotatable bonds is 8. The summed E-state index contributed by atoms with van der Waals surface area (Å²) in [5.41, 5.74) is 4.16. The van der Waals surface area contributed by atoms with Crippen molar-refractivity contribution < 1.29 is 4.74 Å². The van der Waals surface area contributed by atoms with Gasteiger partial charge in [-0.15, -0.1) is 0 Å². The van der Waals surface area contributed by atoms with Gasteiger partial charge in [-0.25, -0.2) is 4.98 Å². The Morgan fingerprint density at radius 1 is 1.00 bits per heavy atom. The van der Waals surface area contributed by atoms with Crippen LogP contribution < -0.4 is 15.4 Å². The summed E-state index contributed by atoms with van der Waals surface area (Å²) in [6, 6.07) is 15.8. The number of benzene rings is 2. The summed E-state index contributed by atoms with van der Waals surface area (Å²) in [6.45, 7) is 3.00. The van der Waals surface area contributed by atoms with Crippen molar-refractivity contribution in [3.05, 3.63) is 81.5 Å². The summed E-state index contributed by atoms with van der Waals surface area (Å²) in [7, 11) is 3.71. The molecule has 0 aliphatic carbocycles. The smallest absolute Gasteiger partial charge is 0.143 e. The highest BCUT2D eigenvalue weighted by molar-refractivity contribution is 6.31. The molecule has 0 atom stereocenters. The number of halogens is 2. The molecule has 2 aromatic carbocycles. The van der Waals surface area contributed by atoms with Gasteiger partial charge < -0.3 is 20.3 Å². The molecule has 0 saturated heterocycles. The lowest BCUT2D eigenvalue weighted by Gasteiger charge is -2.18. The second-order valence-electron chi connectivity index (χ2n) is 7.53. The minimum Gasteiger partial charge on any atom is -0.495 e. The number of aromatic nitrogens is 1. The molecular weight excluding hydrogens is 445 g/mol. The summed E-state index contributed by atoms with van der Waals surface area (Å²) in [5, 5.41) is 8.03. The van der Waals surface area contributed by atoms with Gasteiger partial charge in [-0.1, -0.05) is 47.5 Å². The van der Waals surface area contributed by atoms with Crippen molar-refractivity contribution in [1.82, 2.24) is 9.88 Å². The van der Waals surface area contributed by atoms with Crippen molar-refractivity contribution in [2.45, 2.75) is 13.1 Å². The van der Waals surface area contributed by atoms with E-state index >= 15 is 0 Å². The van der Waals surface area contributed by atoms with Crippen LogP contribution in [0.5, 0.6) is 5.75 Å². The lowest BCUT2D eigenvalue weighted by molar-refractivity contribution is 0.416.